The fourth-order valence-corrected chi connectivity index (χ4v) is 3.23. The third-order valence-electron chi connectivity index (χ3n) is 4.41. The second-order valence-corrected chi connectivity index (χ2v) is 5.75. The van der Waals surface area contributed by atoms with Gasteiger partial charge in [-0.1, -0.05) is 37.3 Å². The Morgan fingerprint density at radius 1 is 1.43 bits per heavy atom. The van der Waals surface area contributed by atoms with Gasteiger partial charge in [-0.25, -0.2) is 4.79 Å². The molecule has 1 fully saturated rings. The third kappa shape index (κ3) is 3.27. The van der Waals surface area contributed by atoms with Crippen LogP contribution in [0.15, 0.2) is 30.3 Å². The summed E-state index contributed by atoms with van der Waals surface area (Å²) in [6.07, 6.45) is 2.39. The number of nitrogens with zero attached hydrogens (tertiary/aromatic N) is 1. The topological polar surface area (TPSA) is 41.6 Å². The number of methoxy groups -OCH3 is 1. The number of likely N-dealkylation sites (N-methyl/N-ethyl adjacent to an activating group) is 1. The van der Waals surface area contributed by atoms with Crippen molar-refractivity contribution in [1.82, 2.24) is 10.2 Å². The van der Waals surface area contributed by atoms with E-state index in [0.29, 0.717) is 19.1 Å². The summed E-state index contributed by atoms with van der Waals surface area (Å²) in [5.41, 5.74) is 0.182. The lowest BCUT2D eigenvalue weighted by atomic mass is 9.88. The lowest BCUT2D eigenvalue weighted by Gasteiger charge is -2.37. The average Bonchev–Trinajstić information content (AvgIpc) is 2.91. The molecule has 0 aliphatic carbocycles. The summed E-state index contributed by atoms with van der Waals surface area (Å²) in [5.74, 6) is -0.213. The number of ether oxygens (including phenoxy) is 1. The van der Waals surface area contributed by atoms with E-state index >= 15 is 0 Å². The molecular formula is C17H26N2O2. The molecule has 116 valence electrons. The van der Waals surface area contributed by atoms with Gasteiger partial charge in [0, 0.05) is 12.6 Å². The van der Waals surface area contributed by atoms with Crippen molar-refractivity contribution in [3.8, 4) is 0 Å². The zero-order valence-electron chi connectivity index (χ0n) is 13.3. The summed E-state index contributed by atoms with van der Waals surface area (Å²) in [7, 11) is 1.46. The maximum absolute atomic E-state index is 12.6. The van der Waals surface area contributed by atoms with Gasteiger partial charge in [-0.2, -0.15) is 0 Å². The van der Waals surface area contributed by atoms with Gasteiger partial charge >= 0.3 is 5.97 Å². The Hall–Kier alpha value is -1.39. The molecule has 1 aromatic carbocycles. The Bertz CT molecular complexity index is 463. The van der Waals surface area contributed by atoms with Crippen LogP contribution in [-0.4, -0.2) is 43.7 Å². The van der Waals surface area contributed by atoms with Crippen molar-refractivity contribution in [1.29, 1.82) is 0 Å². The van der Waals surface area contributed by atoms with Crippen LogP contribution in [0.25, 0.3) is 0 Å². The first-order chi connectivity index (χ1) is 10.1. The smallest absolute Gasteiger partial charge is 0.332 e. The largest absolute Gasteiger partial charge is 0.467 e. The van der Waals surface area contributed by atoms with Crippen molar-refractivity contribution >= 4 is 5.97 Å². The SMILES string of the molecule is CCNC(CN1CCCC1C)(C(=O)OC)c1ccccc1. The molecule has 0 radical (unpaired) electrons. The van der Waals surface area contributed by atoms with Crippen LogP contribution in [0.5, 0.6) is 0 Å². The van der Waals surface area contributed by atoms with Gasteiger partial charge in [-0.05, 0) is 38.4 Å². The minimum Gasteiger partial charge on any atom is -0.467 e. The number of benzene rings is 1. The van der Waals surface area contributed by atoms with Crippen LogP contribution >= 0.6 is 0 Å². The van der Waals surface area contributed by atoms with Crippen LogP contribution in [0.1, 0.15) is 32.3 Å². The highest BCUT2D eigenvalue weighted by atomic mass is 16.5. The molecular weight excluding hydrogens is 264 g/mol. The van der Waals surface area contributed by atoms with Crippen molar-refractivity contribution in [2.75, 3.05) is 26.7 Å². The van der Waals surface area contributed by atoms with Gasteiger partial charge < -0.3 is 4.74 Å². The van der Waals surface area contributed by atoms with Crippen molar-refractivity contribution < 1.29 is 9.53 Å². The molecule has 0 spiro atoms. The Morgan fingerprint density at radius 3 is 2.67 bits per heavy atom. The number of hydrogen-bond acceptors (Lipinski definition) is 4. The Balaban J connectivity index is 2.38. The van der Waals surface area contributed by atoms with Crippen molar-refractivity contribution in [2.24, 2.45) is 0 Å². The fraction of sp³-hybridized carbons (Fsp3) is 0.588. The molecule has 0 amide bonds. The molecule has 2 unspecified atom stereocenters. The van der Waals surface area contributed by atoms with Crippen molar-refractivity contribution in [3.05, 3.63) is 35.9 Å². The molecule has 4 nitrogen and oxygen atoms in total. The first kappa shape index (κ1) is 16.0. The number of rotatable bonds is 6. The van der Waals surface area contributed by atoms with E-state index in [1.807, 2.05) is 37.3 Å². The van der Waals surface area contributed by atoms with Crippen LogP contribution in [0.4, 0.5) is 0 Å². The maximum Gasteiger partial charge on any atom is 0.332 e. The highest BCUT2D eigenvalue weighted by molar-refractivity contribution is 5.83. The summed E-state index contributed by atoms with van der Waals surface area (Å²) in [6, 6.07) is 10.4. The predicted molar refractivity (Wildman–Crippen MR) is 84.1 cm³/mol. The lowest BCUT2D eigenvalue weighted by molar-refractivity contribution is -0.150. The predicted octanol–water partition coefficient (Wildman–Crippen LogP) is 2.15. The minimum absolute atomic E-state index is 0.213. The van der Waals surface area contributed by atoms with Crippen LogP contribution in [-0.2, 0) is 15.1 Å². The summed E-state index contributed by atoms with van der Waals surface area (Å²) in [5, 5.41) is 3.39. The number of carbonyl (C=O) groups is 1. The van der Waals surface area contributed by atoms with E-state index in [2.05, 4.69) is 17.1 Å². The number of esters is 1. The number of likely N-dealkylation sites (tertiary alicyclic amines) is 1. The zero-order valence-corrected chi connectivity index (χ0v) is 13.3. The summed E-state index contributed by atoms with van der Waals surface area (Å²) < 4.78 is 5.14. The molecule has 0 bridgehead atoms. The van der Waals surface area contributed by atoms with Gasteiger partial charge in [-0.3, -0.25) is 10.2 Å². The summed E-state index contributed by atoms with van der Waals surface area (Å²) in [4.78, 5) is 15.0. The van der Waals surface area contributed by atoms with E-state index in [1.165, 1.54) is 20.0 Å². The zero-order chi connectivity index (χ0) is 15.3. The molecule has 1 N–H and O–H groups in total. The second kappa shape index (κ2) is 7.05. The Morgan fingerprint density at radius 2 is 2.14 bits per heavy atom. The quantitative estimate of drug-likeness (QED) is 0.815. The summed E-state index contributed by atoms with van der Waals surface area (Å²) in [6.45, 7) is 6.66. The van der Waals surface area contributed by atoms with Crippen LogP contribution in [0, 0.1) is 0 Å². The Kier molecular flexibility index (Phi) is 5.37. The van der Waals surface area contributed by atoms with Crippen LogP contribution < -0.4 is 5.32 Å². The van der Waals surface area contributed by atoms with Gasteiger partial charge in [0.1, 0.15) is 0 Å². The standard InChI is InChI=1S/C17H26N2O2/c1-4-18-17(16(20)21-3,15-10-6-5-7-11-15)13-19-12-8-9-14(19)2/h5-7,10-11,14,18H,4,8-9,12-13H2,1-3H3. The molecule has 2 rings (SSSR count). The van der Waals surface area contributed by atoms with Gasteiger partial charge in [-0.15, -0.1) is 0 Å². The lowest BCUT2D eigenvalue weighted by Crippen LogP contribution is -2.57. The summed E-state index contributed by atoms with van der Waals surface area (Å²) >= 11 is 0. The first-order valence-electron chi connectivity index (χ1n) is 7.77. The highest BCUT2D eigenvalue weighted by Crippen LogP contribution is 2.28. The molecule has 2 atom stereocenters. The van der Waals surface area contributed by atoms with E-state index in [-0.39, 0.29) is 5.97 Å². The van der Waals surface area contributed by atoms with Gasteiger partial charge in [0.15, 0.2) is 5.54 Å². The molecule has 0 saturated carbocycles. The van der Waals surface area contributed by atoms with E-state index in [0.717, 1.165) is 12.1 Å². The minimum atomic E-state index is -0.788. The second-order valence-electron chi connectivity index (χ2n) is 5.75. The number of nitrogens with one attached hydrogen (secondary N) is 1. The normalized spacial score (nSPS) is 22.0. The van der Waals surface area contributed by atoms with Gasteiger partial charge in [0.2, 0.25) is 0 Å². The molecule has 1 saturated heterocycles. The molecule has 1 aliphatic heterocycles. The molecule has 21 heavy (non-hydrogen) atoms. The fourth-order valence-electron chi connectivity index (χ4n) is 3.23. The third-order valence-corrected chi connectivity index (χ3v) is 4.41. The molecule has 1 aromatic rings. The van der Waals surface area contributed by atoms with Crippen molar-refractivity contribution in [3.63, 3.8) is 0 Å². The van der Waals surface area contributed by atoms with E-state index in [1.54, 1.807) is 0 Å². The van der Waals surface area contributed by atoms with E-state index < -0.39 is 5.54 Å². The van der Waals surface area contributed by atoms with Crippen LogP contribution in [0.3, 0.4) is 0 Å². The van der Waals surface area contributed by atoms with Crippen LogP contribution in [0.2, 0.25) is 0 Å². The van der Waals surface area contributed by atoms with E-state index in [9.17, 15) is 4.79 Å². The monoisotopic (exact) mass is 290 g/mol. The average molecular weight is 290 g/mol. The van der Waals surface area contributed by atoms with E-state index in [4.69, 9.17) is 4.74 Å². The highest BCUT2D eigenvalue weighted by Gasteiger charge is 2.43. The van der Waals surface area contributed by atoms with Crippen molar-refractivity contribution in [2.45, 2.75) is 38.3 Å². The molecule has 4 heteroatoms. The molecule has 1 aliphatic rings. The Labute approximate surface area is 127 Å². The number of hydrogen-bond donors (Lipinski definition) is 1. The van der Waals surface area contributed by atoms with Gasteiger partial charge in [0.25, 0.3) is 0 Å². The van der Waals surface area contributed by atoms with Gasteiger partial charge in [0.05, 0.1) is 7.11 Å². The molecule has 1 heterocycles. The maximum atomic E-state index is 12.6. The number of carbonyl (C=O) groups excluding carboxylic acids is 1. The molecule has 0 aromatic heterocycles. The first-order valence-corrected chi connectivity index (χ1v) is 7.77.